The van der Waals surface area contributed by atoms with Crippen molar-refractivity contribution < 1.29 is 0 Å². The number of hydrogen-bond donors (Lipinski definition) is 0. The number of rotatable bonds is 7. The highest BCUT2D eigenvalue weighted by atomic mass is 32.1. The molecule has 1 aliphatic carbocycles. The Morgan fingerprint density at radius 1 is 0.289 bits per heavy atom. The van der Waals surface area contributed by atoms with Crippen LogP contribution in [0.1, 0.15) is 11.1 Å². The molecule has 386 valence electrons. The van der Waals surface area contributed by atoms with Gasteiger partial charge in [0, 0.05) is 81.4 Å². The van der Waals surface area contributed by atoms with Gasteiger partial charge in [-0.15, -0.1) is 11.3 Å². The van der Waals surface area contributed by atoms with E-state index in [1.165, 1.54) is 86.4 Å². The fraction of sp³-hybridized carbons (Fsp3) is 0.0132. The molecule has 0 spiro atoms. The molecular weight excluding hydrogens is 1030 g/mol. The molecular formula is C76H46N6S. The molecule has 5 aromatic heterocycles. The lowest BCUT2D eigenvalue weighted by atomic mass is 9.98. The molecule has 0 radical (unpaired) electrons. The van der Waals surface area contributed by atoms with Crippen LogP contribution >= 0.6 is 11.3 Å². The van der Waals surface area contributed by atoms with Gasteiger partial charge in [-0.2, -0.15) is 9.97 Å². The molecule has 12 aromatic carbocycles. The molecule has 0 unspecified atom stereocenters. The molecule has 0 saturated heterocycles. The average Bonchev–Trinajstić information content (AvgIpc) is 3.11. The van der Waals surface area contributed by atoms with Crippen molar-refractivity contribution in [3.8, 4) is 73.5 Å². The third-order valence-electron chi connectivity index (χ3n) is 17.3. The summed E-state index contributed by atoms with van der Waals surface area (Å²) in [5.41, 5.74) is 21.2. The molecule has 17 aromatic rings. The van der Waals surface area contributed by atoms with E-state index in [-0.39, 0.29) is 0 Å². The molecule has 0 atom stereocenters. The summed E-state index contributed by atoms with van der Waals surface area (Å²) < 4.78 is 9.69. The Hall–Kier alpha value is -10.7. The van der Waals surface area contributed by atoms with E-state index in [1.54, 1.807) is 0 Å². The number of para-hydroxylation sites is 3. The summed E-state index contributed by atoms with van der Waals surface area (Å²) >= 11 is 1.86. The Labute approximate surface area is 480 Å². The van der Waals surface area contributed by atoms with Crippen molar-refractivity contribution in [1.82, 2.24) is 28.7 Å². The summed E-state index contributed by atoms with van der Waals surface area (Å²) in [5.74, 6) is 1.80. The highest BCUT2D eigenvalue weighted by molar-refractivity contribution is 7.25. The second-order valence-corrected chi connectivity index (χ2v) is 23.0. The van der Waals surface area contributed by atoms with Crippen molar-refractivity contribution in [2.75, 3.05) is 0 Å². The van der Waals surface area contributed by atoms with E-state index in [0.29, 0.717) is 17.6 Å². The van der Waals surface area contributed by atoms with E-state index in [9.17, 15) is 0 Å². The molecule has 0 fully saturated rings. The summed E-state index contributed by atoms with van der Waals surface area (Å²) in [6.07, 6.45) is 0.928. The second-order valence-electron chi connectivity index (χ2n) is 21.9. The lowest BCUT2D eigenvalue weighted by molar-refractivity contribution is 0.954. The quantitative estimate of drug-likeness (QED) is 0.160. The molecule has 0 bridgehead atoms. The standard InChI is InChI=1S/C76H46N6S/c1-5-17-46(18-6-1)74-77-75(47-19-7-2-8-20-47)79-76(78-74)82-68-36-30-49(40-60(68)62-45-69-61(44-70(62)82)57-27-15-16-28-66(57)80(69)53-22-9-3-10-23-53)51-32-38-72-64(42-51)63-41-50(31-37-71(63)83-72)48-29-35-67-59(39-48)58-34-33-56-55-26-14-13-21-52(55)43-65(56)73(58)81(67)54-24-11-4-12-25-54/h1-42,44-45H,43H2. The zero-order chi connectivity index (χ0) is 54.3. The van der Waals surface area contributed by atoms with Crippen LogP contribution in [0.2, 0.25) is 0 Å². The fourth-order valence-electron chi connectivity index (χ4n) is 13.5. The first kappa shape index (κ1) is 46.1. The molecule has 0 saturated carbocycles. The van der Waals surface area contributed by atoms with Crippen LogP contribution in [0.15, 0.2) is 267 Å². The van der Waals surface area contributed by atoms with Gasteiger partial charge in [0.1, 0.15) is 0 Å². The third-order valence-corrected chi connectivity index (χ3v) is 18.5. The third kappa shape index (κ3) is 7.05. The molecule has 6 nitrogen and oxygen atoms in total. The van der Waals surface area contributed by atoms with Crippen molar-refractivity contribution in [3.05, 3.63) is 278 Å². The van der Waals surface area contributed by atoms with Gasteiger partial charge in [-0.25, -0.2) is 4.98 Å². The van der Waals surface area contributed by atoms with Crippen LogP contribution in [0.4, 0.5) is 0 Å². The Kier molecular flexibility index (Phi) is 9.93. The van der Waals surface area contributed by atoms with Crippen molar-refractivity contribution in [3.63, 3.8) is 0 Å². The number of hydrogen-bond acceptors (Lipinski definition) is 4. The predicted octanol–water partition coefficient (Wildman–Crippen LogP) is 19.8. The number of thiophene rings is 1. The van der Waals surface area contributed by atoms with Gasteiger partial charge in [0.25, 0.3) is 0 Å². The minimum atomic E-state index is 0.564. The first-order valence-corrected chi connectivity index (χ1v) is 29.1. The lowest BCUT2D eigenvalue weighted by Gasteiger charge is -2.11. The highest BCUT2D eigenvalue weighted by Crippen LogP contribution is 2.47. The van der Waals surface area contributed by atoms with Crippen LogP contribution in [0, 0.1) is 0 Å². The molecule has 1 aliphatic rings. The van der Waals surface area contributed by atoms with Crippen molar-refractivity contribution in [2.24, 2.45) is 0 Å². The van der Waals surface area contributed by atoms with Gasteiger partial charge in [0.05, 0.1) is 33.1 Å². The van der Waals surface area contributed by atoms with Crippen LogP contribution in [0.25, 0.3) is 159 Å². The first-order valence-electron chi connectivity index (χ1n) is 28.3. The Bertz CT molecular complexity index is 5460. The second kappa shape index (κ2) is 17.9. The minimum absolute atomic E-state index is 0.564. The monoisotopic (exact) mass is 1070 g/mol. The number of nitrogens with zero attached hydrogens (tertiary/aromatic N) is 6. The van der Waals surface area contributed by atoms with Gasteiger partial charge in [0.2, 0.25) is 5.95 Å². The van der Waals surface area contributed by atoms with E-state index in [4.69, 9.17) is 15.0 Å². The number of aromatic nitrogens is 6. The number of benzene rings is 12. The van der Waals surface area contributed by atoms with E-state index in [0.717, 1.165) is 72.6 Å². The summed E-state index contributed by atoms with van der Waals surface area (Å²) in [6, 6.07) is 97.1. The zero-order valence-electron chi connectivity index (χ0n) is 44.7. The summed E-state index contributed by atoms with van der Waals surface area (Å²) in [6.45, 7) is 0. The van der Waals surface area contributed by atoms with Gasteiger partial charge in [-0.1, -0.05) is 176 Å². The van der Waals surface area contributed by atoms with Gasteiger partial charge >= 0.3 is 0 Å². The molecule has 83 heavy (non-hydrogen) atoms. The van der Waals surface area contributed by atoms with Gasteiger partial charge in [-0.05, 0) is 136 Å². The molecule has 0 N–H and O–H groups in total. The highest BCUT2D eigenvalue weighted by Gasteiger charge is 2.26. The first-order chi connectivity index (χ1) is 41.1. The van der Waals surface area contributed by atoms with Crippen molar-refractivity contribution in [1.29, 1.82) is 0 Å². The summed E-state index contributed by atoms with van der Waals surface area (Å²) in [7, 11) is 0. The Balaban J connectivity index is 0.816. The maximum absolute atomic E-state index is 5.33. The largest absolute Gasteiger partial charge is 0.309 e. The SMILES string of the molecule is c1ccc(-c2nc(-c3ccccc3)nc(-n3c4ccc(-c5ccc6sc7ccc(-c8ccc9c(c8)c8ccc%10c(c8n9-c8ccccc8)Cc8ccccc8-%10)cc7c6c5)cc4c4cc5c(cc43)c3ccccc3n5-c3ccccc3)n2)cc1. The molecule has 18 rings (SSSR count). The summed E-state index contributed by atoms with van der Waals surface area (Å²) in [4.78, 5) is 15.8. The molecule has 5 heterocycles. The van der Waals surface area contributed by atoms with E-state index in [2.05, 4.69) is 244 Å². The topological polar surface area (TPSA) is 53.5 Å². The van der Waals surface area contributed by atoms with E-state index in [1.807, 2.05) is 47.7 Å². The minimum Gasteiger partial charge on any atom is -0.309 e. The number of fused-ring (bicyclic) bond motifs is 16. The average molecular weight is 1080 g/mol. The maximum Gasteiger partial charge on any atom is 0.238 e. The van der Waals surface area contributed by atoms with E-state index < -0.39 is 0 Å². The van der Waals surface area contributed by atoms with Crippen molar-refractivity contribution in [2.45, 2.75) is 6.42 Å². The van der Waals surface area contributed by atoms with Gasteiger partial charge in [0.15, 0.2) is 11.6 Å². The van der Waals surface area contributed by atoms with Gasteiger partial charge < -0.3 is 9.13 Å². The Morgan fingerprint density at radius 2 is 0.759 bits per heavy atom. The van der Waals surface area contributed by atoms with Crippen LogP contribution in [0.3, 0.4) is 0 Å². The van der Waals surface area contributed by atoms with Crippen LogP contribution in [-0.2, 0) is 6.42 Å². The van der Waals surface area contributed by atoms with Crippen LogP contribution in [-0.4, -0.2) is 28.7 Å². The lowest BCUT2D eigenvalue weighted by Crippen LogP contribution is -2.06. The normalized spacial score (nSPS) is 12.3. The fourth-order valence-corrected chi connectivity index (χ4v) is 14.6. The molecule has 0 aliphatic heterocycles. The predicted molar refractivity (Wildman–Crippen MR) is 346 cm³/mol. The smallest absolute Gasteiger partial charge is 0.238 e. The molecule has 7 heteroatoms. The summed E-state index contributed by atoms with van der Waals surface area (Å²) in [5, 5.41) is 9.63. The van der Waals surface area contributed by atoms with Crippen LogP contribution < -0.4 is 0 Å². The van der Waals surface area contributed by atoms with E-state index >= 15 is 0 Å². The van der Waals surface area contributed by atoms with Gasteiger partial charge in [-0.3, -0.25) is 4.57 Å². The molecule has 0 amide bonds. The van der Waals surface area contributed by atoms with Crippen LogP contribution in [0.5, 0.6) is 0 Å². The van der Waals surface area contributed by atoms with Crippen molar-refractivity contribution >= 4 is 96.9 Å². The zero-order valence-corrected chi connectivity index (χ0v) is 45.5. The Morgan fingerprint density at radius 3 is 1.40 bits per heavy atom. The maximum atomic E-state index is 5.33.